The minimum absolute atomic E-state index is 0.0140. The predicted molar refractivity (Wildman–Crippen MR) is 408 cm³/mol. The molecular weight excluding hydrogens is 1570 g/mol. The molecule has 42 heteroatoms. The number of anilines is 3. The quantitative estimate of drug-likeness (QED) is 0.0244. The standard InChI is InChI=1S/C30H42FN4O10PS.C20H30FN3O6S.C19H24FN4O7PS/c1-18-21(17-42-46(40,33-19(2)25(36)41-9)45-20-13-11-10-12-14-20)47-24(23(18)31)34-16-15-22(32-26(34)37)35(27(38)43-29(3,4)5)28(39)44-30(6,7)8;1-11-12(10-25)31-15(14(11)21)23-9-8-13(22-16(23)26)24(17(27)29-19(2,3)4)18(28)30-20(5,6)7;1-11(18(26)29-2)23-32(28,31-12-6-4-3-5-7-12)30-10-13-16(25)15(20)17(33-13)24-9-8-14(21)22-19(24)27/h10-16,18-19,21,23-24H,17H2,1-9H3,(H,33,40);8-9,11-12,14-15,25H,10H2,1-7H3;3-9,11,13,15-17,25H,10H2,1-2H3,(H,23,28)(H2,21,22,27)/t18-,19+,21-,23+,24-,46?;11-,12-,14+,15-;11-,13+,15-,16+,17+,32?/m110/s1. The molecular formula is C69H96F3N11O23P2S3. The fraction of sp³-hybridized carbons (Fsp3) is 0.565. The molecule has 3 saturated heterocycles. The summed E-state index contributed by atoms with van der Waals surface area (Å²) >= 11 is 3.09. The fourth-order valence-electron chi connectivity index (χ4n) is 10.1. The number of amides is 4. The van der Waals surface area contributed by atoms with Crippen molar-refractivity contribution in [2.45, 2.75) is 202 Å². The Labute approximate surface area is 651 Å². The molecule has 8 rings (SSSR count). The Hall–Kier alpha value is -8.04. The number of aliphatic hydroxyl groups is 2. The number of aliphatic hydroxyl groups excluding tert-OH is 2. The second kappa shape index (κ2) is 38.7. The predicted octanol–water partition coefficient (Wildman–Crippen LogP) is 10.9. The lowest BCUT2D eigenvalue weighted by molar-refractivity contribution is -0.143. The van der Waals surface area contributed by atoms with E-state index in [0.717, 1.165) is 49.0 Å². The Morgan fingerprint density at radius 1 is 0.523 bits per heavy atom. The zero-order valence-corrected chi connectivity index (χ0v) is 68.6. The summed E-state index contributed by atoms with van der Waals surface area (Å²) in [5, 5.41) is 19.9. The molecule has 3 fully saturated rings. The maximum absolute atomic E-state index is 15.7. The van der Waals surface area contributed by atoms with Gasteiger partial charge in [0.15, 0.2) is 17.8 Å². The van der Waals surface area contributed by atoms with Crippen LogP contribution in [-0.4, -0.2) is 184 Å². The highest BCUT2D eigenvalue weighted by Crippen LogP contribution is 2.52. The number of para-hydroxylation sites is 2. The molecule has 2 unspecified atom stereocenters. The number of alkyl halides is 3. The van der Waals surface area contributed by atoms with Crippen LogP contribution in [0.3, 0.4) is 0 Å². The number of nitrogens with one attached hydrogen (secondary N) is 2. The van der Waals surface area contributed by atoms with Gasteiger partial charge >= 0.3 is 68.9 Å². The van der Waals surface area contributed by atoms with E-state index in [0.29, 0.717) is 9.80 Å². The van der Waals surface area contributed by atoms with Crippen LogP contribution >= 0.6 is 50.8 Å². The number of nitrogen functional groups attached to an aromatic ring is 1. The van der Waals surface area contributed by atoms with Crippen LogP contribution in [0.5, 0.6) is 11.5 Å². The van der Waals surface area contributed by atoms with Gasteiger partial charge in [-0.15, -0.1) is 35.3 Å². The van der Waals surface area contributed by atoms with Gasteiger partial charge in [-0.25, -0.2) is 55.9 Å². The van der Waals surface area contributed by atoms with E-state index in [1.165, 1.54) is 77.0 Å². The van der Waals surface area contributed by atoms with Crippen molar-refractivity contribution in [3.63, 3.8) is 0 Å². The molecule has 4 amide bonds. The number of methoxy groups -OCH3 is 2. The Kier molecular flexibility index (Phi) is 32.0. The number of imide groups is 2. The van der Waals surface area contributed by atoms with Gasteiger partial charge in [-0.3, -0.25) is 32.3 Å². The monoisotopic (exact) mass is 1660 g/mol. The first kappa shape index (κ1) is 91.8. The lowest BCUT2D eigenvalue weighted by atomic mass is 10.0. The maximum Gasteiger partial charge on any atom is 0.459 e. The third-order valence-corrected chi connectivity index (χ3v) is 23.7. The van der Waals surface area contributed by atoms with Crippen LogP contribution in [-0.2, 0) is 56.2 Å². The molecule has 614 valence electrons. The molecule has 3 aliphatic rings. The molecule has 6 N–H and O–H groups in total. The molecule has 111 heavy (non-hydrogen) atoms. The minimum Gasteiger partial charge on any atom is -0.468 e. The summed E-state index contributed by atoms with van der Waals surface area (Å²) in [5.41, 5.74) is -0.882. The van der Waals surface area contributed by atoms with Crippen LogP contribution in [0.1, 0.15) is 127 Å². The van der Waals surface area contributed by atoms with Gasteiger partial charge in [-0.05, 0) is 139 Å². The first-order valence-corrected chi connectivity index (χ1v) is 40.3. The summed E-state index contributed by atoms with van der Waals surface area (Å²) in [6.07, 6.45) is -6.89. The minimum atomic E-state index is -4.19. The van der Waals surface area contributed by atoms with E-state index in [4.69, 9.17) is 47.5 Å². The number of thioether (sulfide) groups is 3. The number of nitrogens with zero attached hydrogens (tertiary/aromatic N) is 8. The number of esters is 2. The molecule has 2 aromatic carbocycles. The zero-order chi connectivity index (χ0) is 83.2. The SMILES string of the molecule is COC(=O)[C@H](C)NP(=O)(OC[C@H]1S[C@@H](n2ccc(N(C(=O)OC(C)(C)C)C(=O)OC(C)(C)C)nc2=O)[C@@H](F)[C@@H]1C)Oc1ccccc1.COC(=O)[C@H](C)NP(=O)(OC[C@H]1S[C@@H](n2ccc(N)nc2=O)[C@@H](F)[C@@H]1O)Oc1ccccc1.C[C@H]1[C@H](F)[C@H](n2ccc(N(C(=O)OC(C)(C)C)C(=O)OC(C)(C)C)nc2=O)S[C@@H]1CO. The number of nitrogens with two attached hydrogens (primary N) is 1. The Morgan fingerprint density at radius 2 is 0.838 bits per heavy atom. The molecule has 3 aromatic heterocycles. The second-order valence-corrected chi connectivity index (χ2v) is 36.6. The molecule has 6 heterocycles. The summed E-state index contributed by atoms with van der Waals surface area (Å²) in [4.78, 5) is 125. The molecule has 0 bridgehead atoms. The summed E-state index contributed by atoms with van der Waals surface area (Å²) in [7, 11) is -6.01. The molecule has 0 spiro atoms. The number of benzene rings is 2. The number of ether oxygens (including phenoxy) is 6. The topological polar surface area (TPSA) is 431 Å². The van der Waals surface area contributed by atoms with E-state index < -0.39 is 173 Å². The normalized spacial score (nSPS) is 23.4. The van der Waals surface area contributed by atoms with Crippen molar-refractivity contribution in [2.24, 2.45) is 11.8 Å². The van der Waals surface area contributed by atoms with Crippen molar-refractivity contribution in [3.05, 3.63) is 129 Å². The zero-order valence-electron chi connectivity index (χ0n) is 64.3. The lowest BCUT2D eigenvalue weighted by Gasteiger charge is -2.28. The van der Waals surface area contributed by atoms with Crippen molar-refractivity contribution in [1.82, 2.24) is 38.8 Å². The number of rotatable bonds is 22. The average Bonchev–Trinajstić information content (AvgIpc) is 1.75. The van der Waals surface area contributed by atoms with E-state index in [2.05, 4.69) is 29.9 Å². The second-order valence-electron chi connectivity index (χ2n) is 29.1. The van der Waals surface area contributed by atoms with Gasteiger partial charge in [-0.1, -0.05) is 50.2 Å². The van der Waals surface area contributed by atoms with Gasteiger partial charge in [0.1, 0.15) is 86.4 Å². The molecule has 5 aromatic rings. The van der Waals surface area contributed by atoms with Gasteiger partial charge < -0.3 is 53.4 Å². The largest absolute Gasteiger partial charge is 0.468 e. The molecule has 3 aliphatic heterocycles. The Morgan fingerprint density at radius 3 is 1.16 bits per heavy atom. The van der Waals surface area contributed by atoms with E-state index in [1.54, 1.807) is 145 Å². The third kappa shape index (κ3) is 26.3. The molecule has 16 atom stereocenters. The third-order valence-electron chi connectivity index (χ3n) is 15.5. The summed E-state index contributed by atoms with van der Waals surface area (Å²) in [6, 6.07) is 17.9. The van der Waals surface area contributed by atoms with Gasteiger partial charge in [0, 0.05) is 40.9 Å². The molecule has 0 radical (unpaired) electrons. The number of halogens is 3. The van der Waals surface area contributed by atoms with Gasteiger partial charge in [-0.2, -0.15) is 34.9 Å². The first-order chi connectivity index (χ1) is 51.5. The van der Waals surface area contributed by atoms with Crippen LogP contribution in [0.25, 0.3) is 0 Å². The highest BCUT2D eigenvalue weighted by molar-refractivity contribution is 8.00. The van der Waals surface area contributed by atoms with Crippen LogP contribution in [0.2, 0.25) is 0 Å². The van der Waals surface area contributed by atoms with Gasteiger partial charge in [0.05, 0.1) is 39.3 Å². The number of hydrogen-bond donors (Lipinski definition) is 5. The van der Waals surface area contributed by atoms with E-state index in [-0.39, 0.29) is 47.4 Å². The smallest absolute Gasteiger partial charge is 0.459 e. The molecule has 0 aliphatic carbocycles. The van der Waals surface area contributed by atoms with E-state index in [9.17, 15) is 71.3 Å². The van der Waals surface area contributed by atoms with Gasteiger partial charge in [0.25, 0.3) is 0 Å². The molecule has 0 saturated carbocycles. The van der Waals surface area contributed by atoms with Crippen molar-refractivity contribution in [2.75, 3.05) is 49.6 Å². The van der Waals surface area contributed by atoms with Crippen LogP contribution in [0.4, 0.5) is 49.8 Å². The van der Waals surface area contributed by atoms with Crippen LogP contribution in [0.15, 0.2) is 112 Å². The van der Waals surface area contributed by atoms with Crippen molar-refractivity contribution in [3.8, 4) is 11.5 Å². The highest BCUT2D eigenvalue weighted by atomic mass is 32.2. The lowest BCUT2D eigenvalue weighted by Crippen LogP contribution is -2.45. The maximum atomic E-state index is 15.7. The highest BCUT2D eigenvalue weighted by Gasteiger charge is 2.49. The summed E-state index contributed by atoms with van der Waals surface area (Å²) in [6.45, 7) is 24.6. The number of aromatic nitrogens is 6. The van der Waals surface area contributed by atoms with Gasteiger partial charge in [0.2, 0.25) is 0 Å². The van der Waals surface area contributed by atoms with Crippen molar-refractivity contribution >= 4 is 105 Å². The number of carbonyl (C=O) groups is 6. The average molecular weight is 1660 g/mol. The first-order valence-electron chi connectivity index (χ1n) is 34.4. The number of hydrogen-bond acceptors (Lipinski definition) is 30. The Balaban J connectivity index is 0.000000268. The molecule has 34 nitrogen and oxygen atoms in total. The number of carbonyl (C=O) groups excluding carboxylic acids is 6. The summed E-state index contributed by atoms with van der Waals surface area (Å²) < 4.78 is 128. The fourth-order valence-corrected chi connectivity index (χ4v) is 17.9. The van der Waals surface area contributed by atoms with Crippen molar-refractivity contribution in [1.29, 1.82) is 0 Å². The van der Waals surface area contributed by atoms with E-state index >= 15 is 4.39 Å². The van der Waals surface area contributed by atoms with Crippen LogP contribution in [0, 0.1) is 11.8 Å². The Bertz CT molecular complexity index is 4270. The van der Waals surface area contributed by atoms with Crippen LogP contribution < -0.4 is 51.8 Å². The summed E-state index contributed by atoms with van der Waals surface area (Å²) in [5.74, 6) is -2.83. The van der Waals surface area contributed by atoms with E-state index in [1.807, 2.05) is 0 Å². The van der Waals surface area contributed by atoms with Crippen molar-refractivity contribution < 1.29 is 108 Å².